The molecule has 2 amide bonds. The highest BCUT2D eigenvalue weighted by atomic mass is 32.2. The monoisotopic (exact) mass is 429 g/mol. The van der Waals surface area contributed by atoms with Crippen LogP contribution in [-0.4, -0.2) is 42.1 Å². The second kappa shape index (κ2) is 9.45. The van der Waals surface area contributed by atoms with E-state index in [2.05, 4.69) is 4.99 Å². The minimum Gasteiger partial charge on any atom is -0.493 e. The van der Waals surface area contributed by atoms with Crippen LogP contribution in [0.15, 0.2) is 52.4 Å². The molecule has 9 heteroatoms. The van der Waals surface area contributed by atoms with E-state index in [0.29, 0.717) is 39.4 Å². The van der Waals surface area contributed by atoms with Crippen LogP contribution in [0.3, 0.4) is 0 Å². The minimum absolute atomic E-state index is 0.170. The molecule has 0 aromatic heterocycles. The van der Waals surface area contributed by atoms with Gasteiger partial charge in [0.05, 0.1) is 17.7 Å². The van der Waals surface area contributed by atoms with E-state index < -0.39 is 5.91 Å². The molecule has 0 radical (unpaired) electrons. The molecular formula is C21H20FN3O4S. The third-order valence-corrected chi connectivity index (χ3v) is 5.12. The molecule has 0 spiro atoms. The fourth-order valence-corrected chi connectivity index (χ4v) is 3.75. The van der Waals surface area contributed by atoms with E-state index in [-0.39, 0.29) is 18.3 Å². The number of primary amides is 1. The number of carbonyl (C=O) groups is 2. The van der Waals surface area contributed by atoms with Crippen molar-refractivity contribution in [2.24, 2.45) is 10.7 Å². The normalized spacial score (nSPS) is 16.4. The molecule has 0 aliphatic carbocycles. The molecule has 3 rings (SSSR count). The summed E-state index contributed by atoms with van der Waals surface area (Å²) >= 11 is 1.24. The summed E-state index contributed by atoms with van der Waals surface area (Å²) in [5, 5.41) is 0.522. The Kier molecular flexibility index (Phi) is 6.73. The number of nitrogens with zero attached hydrogens (tertiary/aromatic N) is 2. The van der Waals surface area contributed by atoms with Gasteiger partial charge in [0.1, 0.15) is 5.82 Å². The second-order valence-corrected chi connectivity index (χ2v) is 7.21. The Morgan fingerprint density at radius 1 is 1.23 bits per heavy atom. The third-order valence-electron chi connectivity index (χ3n) is 4.11. The van der Waals surface area contributed by atoms with Gasteiger partial charge in [0.25, 0.3) is 11.8 Å². The van der Waals surface area contributed by atoms with Crippen LogP contribution in [0.2, 0.25) is 0 Å². The maximum absolute atomic E-state index is 13.1. The van der Waals surface area contributed by atoms with Crippen molar-refractivity contribution < 1.29 is 23.5 Å². The lowest BCUT2D eigenvalue weighted by Crippen LogP contribution is -2.28. The number of benzene rings is 2. The Morgan fingerprint density at radius 3 is 2.60 bits per heavy atom. The van der Waals surface area contributed by atoms with Crippen molar-refractivity contribution in [3.63, 3.8) is 0 Å². The first kappa shape index (κ1) is 21.4. The van der Waals surface area contributed by atoms with Gasteiger partial charge in [0, 0.05) is 6.54 Å². The van der Waals surface area contributed by atoms with Gasteiger partial charge in [0.2, 0.25) is 0 Å². The number of amidine groups is 1. The molecule has 1 aliphatic rings. The fourth-order valence-electron chi connectivity index (χ4n) is 2.69. The van der Waals surface area contributed by atoms with Crippen LogP contribution in [0.1, 0.15) is 12.5 Å². The fraction of sp³-hybridized carbons (Fsp3) is 0.190. The maximum Gasteiger partial charge on any atom is 0.266 e. The average Bonchev–Trinajstić information content (AvgIpc) is 3.02. The Bertz CT molecular complexity index is 1020. The highest BCUT2D eigenvalue weighted by molar-refractivity contribution is 8.18. The summed E-state index contributed by atoms with van der Waals surface area (Å²) in [7, 11) is 1.48. The number of nitrogens with two attached hydrogens (primary N) is 1. The standard InChI is InChI=1S/C21H20FN3O4S/c1-3-25-20(27)18(30-21(25)24-15-7-5-14(22)6-8-15)11-13-4-9-16(17(10-13)28-2)29-12-19(23)26/h4-11H,3,12H2,1-2H3,(H2,23,26)/b18-11+,24-21?. The van der Waals surface area contributed by atoms with E-state index in [0.717, 1.165) is 0 Å². The zero-order valence-electron chi connectivity index (χ0n) is 16.4. The van der Waals surface area contributed by atoms with E-state index in [9.17, 15) is 14.0 Å². The summed E-state index contributed by atoms with van der Waals surface area (Å²) in [6.45, 7) is 2.04. The number of methoxy groups -OCH3 is 1. The lowest BCUT2D eigenvalue weighted by atomic mass is 10.2. The molecule has 1 fully saturated rings. The van der Waals surface area contributed by atoms with Crippen molar-refractivity contribution in [2.75, 3.05) is 20.3 Å². The quantitative estimate of drug-likeness (QED) is 0.682. The predicted octanol–water partition coefficient (Wildman–Crippen LogP) is 3.32. The van der Waals surface area contributed by atoms with Gasteiger partial charge in [-0.3, -0.25) is 14.5 Å². The highest BCUT2D eigenvalue weighted by Crippen LogP contribution is 2.35. The van der Waals surface area contributed by atoms with Crippen LogP contribution < -0.4 is 15.2 Å². The Morgan fingerprint density at radius 2 is 1.97 bits per heavy atom. The molecule has 7 nitrogen and oxygen atoms in total. The Labute approximate surface area is 177 Å². The van der Waals surface area contributed by atoms with Gasteiger partial charge in [-0.05, 0) is 66.7 Å². The van der Waals surface area contributed by atoms with E-state index >= 15 is 0 Å². The number of thioether (sulfide) groups is 1. The van der Waals surface area contributed by atoms with Crippen molar-refractivity contribution in [2.45, 2.75) is 6.92 Å². The molecule has 156 valence electrons. The van der Waals surface area contributed by atoms with E-state index in [1.807, 2.05) is 6.92 Å². The lowest BCUT2D eigenvalue weighted by molar-refractivity contribution is -0.122. The number of halogens is 1. The SMILES string of the molecule is CCN1C(=O)/C(=C\c2ccc(OCC(N)=O)c(OC)c2)SC1=Nc1ccc(F)cc1. The minimum atomic E-state index is -0.594. The predicted molar refractivity (Wildman–Crippen MR) is 114 cm³/mol. The van der Waals surface area contributed by atoms with Gasteiger partial charge in [-0.15, -0.1) is 0 Å². The highest BCUT2D eigenvalue weighted by Gasteiger charge is 2.32. The van der Waals surface area contributed by atoms with Gasteiger partial charge in [-0.2, -0.15) is 0 Å². The number of carbonyl (C=O) groups excluding carboxylic acids is 2. The van der Waals surface area contributed by atoms with Crippen molar-refractivity contribution in [3.05, 3.63) is 58.8 Å². The van der Waals surface area contributed by atoms with Crippen LogP contribution in [0, 0.1) is 5.82 Å². The molecule has 1 heterocycles. The zero-order valence-corrected chi connectivity index (χ0v) is 17.2. The second-order valence-electron chi connectivity index (χ2n) is 6.20. The lowest BCUT2D eigenvalue weighted by Gasteiger charge is -2.12. The first-order valence-corrected chi connectivity index (χ1v) is 9.87. The third kappa shape index (κ3) is 4.98. The number of hydrogen-bond donors (Lipinski definition) is 1. The number of likely N-dealkylation sites (N-methyl/N-ethyl adjacent to an activating group) is 1. The molecule has 2 N–H and O–H groups in total. The van der Waals surface area contributed by atoms with Gasteiger partial charge in [0.15, 0.2) is 23.3 Å². The van der Waals surface area contributed by atoms with Crippen molar-refractivity contribution in [1.82, 2.24) is 4.90 Å². The summed E-state index contributed by atoms with van der Waals surface area (Å²) in [5.41, 5.74) is 6.37. The molecule has 30 heavy (non-hydrogen) atoms. The van der Waals surface area contributed by atoms with E-state index in [4.69, 9.17) is 15.2 Å². The molecule has 2 aromatic rings. The number of aliphatic imine (C=N–C) groups is 1. The first-order chi connectivity index (χ1) is 14.4. The molecule has 1 saturated heterocycles. The zero-order chi connectivity index (χ0) is 21.7. The van der Waals surface area contributed by atoms with Gasteiger partial charge >= 0.3 is 0 Å². The van der Waals surface area contributed by atoms with Crippen molar-refractivity contribution in [1.29, 1.82) is 0 Å². The van der Waals surface area contributed by atoms with Gasteiger partial charge in [-0.1, -0.05) is 6.07 Å². The summed E-state index contributed by atoms with van der Waals surface area (Å²) in [5.74, 6) is -0.328. The molecule has 1 aliphatic heterocycles. The van der Waals surface area contributed by atoms with Gasteiger partial charge < -0.3 is 15.2 Å². The molecule has 0 unspecified atom stereocenters. The van der Waals surface area contributed by atoms with Crippen LogP contribution in [0.5, 0.6) is 11.5 Å². The molecule has 0 bridgehead atoms. The number of ether oxygens (including phenoxy) is 2. The number of amides is 2. The summed E-state index contributed by atoms with van der Waals surface area (Å²) in [4.78, 5) is 30.2. The van der Waals surface area contributed by atoms with Crippen LogP contribution in [-0.2, 0) is 9.59 Å². The molecular weight excluding hydrogens is 409 g/mol. The Hall–Kier alpha value is -3.33. The van der Waals surface area contributed by atoms with Gasteiger partial charge in [-0.25, -0.2) is 9.38 Å². The van der Waals surface area contributed by atoms with E-state index in [1.54, 1.807) is 41.3 Å². The smallest absolute Gasteiger partial charge is 0.266 e. The molecule has 2 aromatic carbocycles. The number of hydrogen-bond acceptors (Lipinski definition) is 6. The summed E-state index contributed by atoms with van der Waals surface area (Å²) < 4.78 is 23.7. The average molecular weight is 429 g/mol. The topological polar surface area (TPSA) is 94.2 Å². The van der Waals surface area contributed by atoms with E-state index in [1.165, 1.54) is 31.0 Å². The number of rotatable bonds is 7. The molecule has 0 atom stereocenters. The van der Waals surface area contributed by atoms with Crippen molar-refractivity contribution in [3.8, 4) is 11.5 Å². The van der Waals surface area contributed by atoms with Crippen LogP contribution >= 0.6 is 11.8 Å². The van der Waals surface area contributed by atoms with Crippen molar-refractivity contribution >= 4 is 40.5 Å². The molecule has 0 saturated carbocycles. The van der Waals surface area contributed by atoms with Crippen LogP contribution in [0.25, 0.3) is 6.08 Å². The summed E-state index contributed by atoms with van der Waals surface area (Å²) in [6.07, 6.45) is 1.73. The maximum atomic E-state index is 13.1. The Balaban J connectivity index is 1.87. The largest absolute Gasteiger partial charge is 0.493 e. The first-order valence-electron chi connectivity index (χ1n) is 9.06. The summed E-state index contributed by atoms with van der Waals surface area (Å²) in [6, 6.07) is 10.8. The van der Waals surface area contributed by atoms with Crippen LogP contribution in [0.4, 0.5) is 10.1 Å².